The largest absolute Gasteiger partial charge is 3.00 e. The molecule has 0 aromatic rings. The van der Waals surface area contributed by atoms with E-state index in [-0.39, 0.29) is 52.2 Å². The van der Waals surface area contributed by atoms with Gasteiger partial charge in [-0.25, -0.2) is 19.6 Å². The Balaban J connectivity index is -0.00000000667. The molecule has 0 aliphatic rings. The van der Waals surface area contributed by atoms with Crippen molar-refractivity contribution < 1.29 is 37.3 Å². The molecule has 0 aromatic carbocycles. The van der Waals surface area contributed by atoms with Gasteiger partial charge in [0.2, 0.25) is 0 Å². The predicted octanol–water partition coefficient (Wildman–Crippen LogP) is 1.91. The Labute approximate surface area is 71.2 Å². The Bertz CT molecular complexity index is 11.4. The normalized spacial score (nSPS) is 2.00. The molecule has 0 heterocycles. The molecule has 1 heteroatoms. The van der Waals surface area contributed by atoms with Gasteiger partial charge in [-0.3, -0.25) is 0 Å². The zero-order valence-electron chi connectivity index (χ0n) is 4.28. The van der Waals surface area contributed by atoms with Crippen molar-refractivity contribution in [2.24, 2.45) is 0 Å². The number of hydrogen-bond donors (Lipinski definition) is 0. The summed E-state index contributed by atoms with van der Waals surface area (Å²) in [5, 5.41) is 0. The van der Waals surface area contributed by atoms with Crippen LogP contribution in [0.4, 0.5) is 0 Å². The average molecular weight is 238 g/mol. The van der Waals surface area contributed by atoms with Crippen LogP contribution in [-0.4, -0.2) is 0 Å². The maximum Gasteiger partial charge on any atom is 3.00 e. The molecule has 0 aliphatic carbocycles. The first-order chi connectivity index (χ1) is 1.41. The second-order valence-corrected chi connectivity index (χ2v) is 0.289. The van der Waals surface area contributed by atoms with Gasteiger partial charge in [0, 0.05) is 0 Å². The Morgan fingerprint density at radius 3 is 1.33 bits per heavy atom. The van der Waals surface area contributed by atoms with Gasteiger partial charge in [0.15, 0.2) is 0 Å². The zero-order chi connectivity index (χ0) is 2.71. The first-order valence-electron chi connectivity index (χ1n) is 0.816. The average Bonchev–Trinajstić information content (AvgIpc) is 0.918. The third-order valence-corrected chi connectivity index (χ3v) is 0. The fraction of sp³-hybridized carbons (Fsp3) is 0. The summed E-state index contributed by atoms with van der Waals surface area (Å²) in [4.78, 5) is 0. The zero-order valence-corrected chi connectivity index (χ0v) is 6.13. The van der Waals surface area contributed by atoms with Crippen molar-refractivity contribution in [3.63, 3.8) is 0 Å². The van der Waals surface area contributed by atoms with Crippen LogP contribution in [-0.2, 0) is 0 Å². The topological polar surface area (TPSA) is 0 Å². The third-order valence-electron chi connectivity index (χ3n) is 0. The smallest absolute Gasteiger partial charge is 0.358 e. The minimum atomic E-state index is 0. The molecule has 0 spiro atoms. The quantitative estimate of drug-likeness (QED) is 0.566. The molecule has 0 aliphatic heterocycles. The summed E-state index contributed by atoms with van der Waals surface area (Å²) in [6.07, 6.45) is 1.50. The Kier molecular flexibility index (Phi) is 192. The van der Waals surface area contributed by atoms with E-state index < -0.39 is 0 Å². The monoisotopic (exact) mass is 237 g/mol. The van der Waals surface area contributed by atoms with E-state index in [0.717, 1.165) is 0 Å². The molecule has 1 radical (unpaired) electrons. The van der Waals surface area contributed by atoms with E-state index in [1.54, 1.807) is 0 Å². The molecular formula is C5H11Er. The summed E-state index contributed by atoms with van der Waals surface area (Å²) >= 11 is 0. The van der Waals surface area contributed by atoms with E-state index in [2.05, 4.69) is 13.5 Å². The van der Waals surface area contributed by atoms with Crippen molar-refractivity contribution in [1.82, 2.24) is 0 Å². The molecule has 0 rings (SSSR count). The van der Waals surface area contributed by atoms with Crippen LogP contribution in [0.3, 0.4) is 0 Å². The Hall–Kier alpha value is 0.857. The van der Waals surface area contributed by atoms with Crippen molar-refractivity contribution in [3.8, 4) is 0 Å². The summed E-state index contributed by atoms with van der Waals surface area (Å²) in [5.41, 5.74) is 0. The molecule has 43 valence electrons. The molecule has 0 aromatic heterocycles. The van der Waals surface area contributed by atoms with Crippen LogP contribution < -0.4 is 0 Å². The standard InChI is InChI=1S/C3H5.2CH3.Er/c1-3-2;;;/h3H,1-2H2;2*1H3;/q3*-1;+3. The molecule has 0 N–H and O–H groups in total. The first-order valence-corrected chi connectivity index (χ1v) is 0.816. The van der Waals surface area contributed by atoms with E-state index in [0.29, 0.717) is 0 Å². The number of allylic oxidation sites excluding steroid dienone is 1. The van der Waals surface area contributed by atoms with Gasteiger partial charge >= 0.3 is 37.3 Å². The van der Waals surface area contributed by atoms with Crippen molar-refractivity contribution >= 4 is 0 Å². The summed E-state index contributed by atoms with van der Waals surface area (Å²) < 4.78 is 0. The fourth-order valence-electron chi connectivity index (χ4n) is 0. The van der Waals surface area contributed by atoms with Gasteiger partial charge in [0.25, 0.3) is 0 Å². The molecular weight excluding hydrogens is 227 g/mol. The van der Waals surface area contributed by atoms with Crippen LogP contribution in [0.15, 0.2) is 12.7 Å². The fourth-order valence-corrected chi connectivity index (χ4v) is 0. The van der Waals surface area contributed by atoms with E-state index in [4.69, 9.17) is 0 Å². The molecule has 0 saturated heterocycles. The van der Waals surface area contributed by atoms with E-state index in [9.17, 15) is 0 Å². The van der Waals surface area contributed by atoms with Gasteiger partial charge in [-0.2, -0.15) is 0 Å². The Morgan fingerprint density at radius 2 is 1.33 bits per heavy atom. The maximum atomic E-state index is 3.25. The molecule has 0 nitrogen and oxygen atoms in total. The second-order valence-electron chi connectivity index (χ2n) is 0.289. The van der Waals surface area contributed by atoms with Crippen molar-refractivity contribution in [2.75, 3.05) is 0 Å². The van der Waals surface area contributed by atoms with Crippen molar-refractivity contribution in [3.05, 3.63) is 34.4 Å². The number of hydrogen-bond acceptors (Lipinski definition) is 0. The van der Waals surface area contributed by atoms with Crippen LogP contribution in [0.1, 0.15) is 0 Å². The minimum Gasteiger partial charge on any atom is -0.358 e. The Morgan fingerprint density at radius 1 is 1.33 bits per heavy atom. The summed E-state index contributed by atoms with van der Waals surface area (Å²) in [5.74, 6) is 0. The van der Waals surface area contributed by atoms with Crippen LogP contribution >= 0.6 is 0 Å². The molecule has 0 atom stereocenters. The van der Waals surface area contributed by atoms with Gasteiger partial charge < -0.3 is 14.9 Å². The van der Waals surface area contributed by atoms with Gasteiger partial charge in [0.1, 0.15) is 0 Å². The molecule has 6 heavy (non-hydrogen) atoms. The van der Waals surface area contributed by atoms with Gasteiger partial charge in [0.05, 0.1) is 0 Å². The van der Waals surface area contributed by atoms with Crippen LogP contribution in [0, 0.1) is 59.1 Å². The van der Waals surface area contributed by atoms with Crippen LogP contribution in [0.25, 0.3) is 0 Å². The predicted molar refractivity (Wildman–Crippen MR) is 28.4 cm³/mol. The van der Waals surface area contributed by atoms with Crippen molar-refractivity contribution in [2.45, 2.75) is 0 Å². The summed E-state index contributed by atoms with van der Waals surface area (Å²) in [6, 6.07) is 0. The molecule has 0 saturated carbocycles. The SMILES string of the molecule is C=C[CH2-].[CH3-].[CH3-].[Er+3]. The van der Waals surface area contributed by atoms with Gasteiger partial charge in [-0.1, -0.05) is 0 Å². The maximum absolute atomic E-state index is 3.25. The number of rotatable bonds is 0. The summed E-state index contributed by atoms with van der Waals surface area (Å²) in [6.45, 7) is 6.50. The first kappa shape index (κ1) is 28.8. The van der Waals surface area contributed by atoms with E-state index in [1.165, 1.54) is 6.08 Å². The van der Waals surface area contributed by atoms with E-state index >= 15 is 0 Å². The minimum absolute atomic E-state index is 0. The molecule has 0 amide bonds. The summed E-state index contributed by atoms with van der Waals surface area (Å²) in [7, 11) is 0. The molecule has 0 bridgehead atoms. The van der Waals surface area contributed by atoms with Gasteiger partial charge in [-0.05, 0) is 0 Å². The van der Waals surface area contributed by atoms with Gasteiger partial charge in [-0.15, -0.1) is 0 Å². The molecule has 0 unspecified atom stereocenters. The van der Waals surface area contributed by atoms with Crippen LogP contribution in [0.5, 0.6) is 0 Å². The van der Waals surface area contributed by atoms with Crippen LogP contribution in [0.2, 0.25) is 0 Å². The van der Waals surface area contributed by atoms with E-state index in [1.807, 2.05) is 0 Å². The molecule has 0 fully saturated rings. The third kappa shape index (κ3) is 98.4. The van der Waals surface area contributed by atoms with Crippen molar-refractivity contribution in [1.29, 1.82) is 0 Å². The second kappa shape index (κ2) is 40.1.